The summed E-state index contributed by atoms with van der Waals surface area (Å²) < 4.78 is 38.2. The summed E-state index contributed by atoms with van der Waals surface area (Å²) in [5, 5.41) is 12.3. The van der Waals surface area contributed by atoms with E-state index in [-0.39, 0.29) is 23.5 Å². The molecule has 1 N–H and O–H groups in total. The molecular weight excluding hydrogens is 269 g/mol. The van der Waals surface area contributed by atoms with E-state index in [4.69, 9.17) is 5.26 Å². The average molecular weight is 284 g/mol. The Morgan fingerprint density at radius 3 is 2.40 bits per heavy atom. The number of rotatable bonds is 1. The molecule has 0 bridgehead atoms. The highest BCUT2D eigenvalue weighted by molar-refractivity contribution is 5.55. The zero-order valence-corrected chi connectivity index (χ0v) is 11.2. The van der Waals surface area contributed by atoms with Gasteiger partial charge in [0.25, 0.3) is 0 Å². The second kappa shape index (κ2) is 5.29. The van der Waals surface area contributed by atoms with E-state index < -0.39 is 11.9 Å². The van der Waals surface area contributed by atoms with Gasteiger partial charge >= 0.3 is 6.18 Å². The summed E-state index contributed by atoms with van der Waals surface area (Å²) in [6, 6.07) is 4.19. The molecule has 1 aromatic rings. The van der Waals surface area contributed by atoms with Gasteiger partial charge in [0.15, 0.2) is 0 Å². The van der Waals surface area contributed by atoms with E-state index in [1.54, 1.807) is 4.90 Å². The molecule has 2 rings (SSSR count). The number of hydrogen-bond acceptors (Lipinski definition) is 4. The van der Waals surface area contributed by atoms with Crippen LogP contribution in [-0.4, -0.2) is 30.2 Å². The van der Waals surface area contributed by atoms with Gasteiger partial charge in [0, 0.05) is 25.2 Å². The molecular formula is C13H15F3N4. The van der Waals surface area contributed by atoms with E-state index in [2.05, 4.69) is 10.3 Å². The summed E-state index contributed by atoms with van der Waals surface area (Å²) in [4.78, 5) is 5.39. The topological polar surface area (TPSA) is 52.0 Å². The number of halogens is 3. The monoisotopic (exact) mass is 284 g/mol. The SMILES string of the molecule is CC1CN(c2nc(C(F)(F)F)ccc2C#N)CC(C)N1. The van der Waals surface area contributed by atoms with Gasteiger partial charge in [0.1, 0.15) is 17.6 Å². The first-order valence-corrected chi connectivity index (χ1v) is 6.30. The Kier molecular flexibility index (Phi) is 3.86. The van der Waals surface area contributed by atoms with Crippen LogP contribution in [0.15, 0.2) is 12.1 Å². The van der Waals surface area contributed by atoms with Gasteiger partial charge in [-0.25, -0.2) is 4.98 Å². The van der Waals surface area contributed by atoms with Crippen LogP contribution in [-0.2, 0) is 6.18 Å². The lowest BCUT2D eigenvalue weighted by atomic mass is 10.1. The van der Waals surface area contributed by atoms with Crippen molar-refractivity contribution in [2.45, 2.75) is 32.1 Å². The Morgan fingerprint density at radius 2 is 1.90 bits per heavy atom. The van der Waals surface area contributed by atoms with E-state index in [0.29, 0.717) is 13.1 Å². The zero-order chi connectivity index (χ0) is 14.9. The third kappa shape index (κ3) is 3.02. The molecule has 7 heteroatoms. The van der Waals surface area contributed by atoms with Crippen LogP contribution in [0.2, 0.25) is 0 Å². The molecule has 108 valence electrons. The van der Waals surface area contributed by atoms with Crippen molar-refractivity contribution in [1.82, 2.24) is 10.3 Å². The summed E-state index contributed by atoms with van der Waals surface area (Å²) in [6.45, 7) is 4.94. The van der Waals surface area contributed by atoms with Crippen molar-refractivity contribution in [3.05, 3.63) is 23.4 Å². The number of nitrogens with zero attached hydrogens (tertiary/aromatic N) is 3. The largest absolute Gasteiger partial charge is 0.433 e. The molecule has 1 aliphatic rings. The molecule has 0 aliphatic carbocycles. The van der Waals surface area contributed by atoms with Gasteiger partial charge < -0.3 is 10.2 Å². The van der Waals surface area contributed by atoms with Gasteiger partial charge in [-0.3, -0.25) is 0 Å². The summed E-state index contributed by atoms with van der Waals surface area (Å²) in [5.74, 6) is 0.113. The quantitative estimate of drug-likeness (QED) is 0.858. The lowest BCUT2D eigenvalue weighted by molar-refractivity contribution is -0.141. The fourth-order valence-corrected chi connectivity index (χ4v) is 2.43. The van der Waals surface area contributed by atoms with Crippen molar-refractivity contribution in [1.29, 1.82) is 5.26 Å². The number of hydrogen-bond donors (Lipinski definition) is 1. The Bertz CT molecular complexity index is 525. The van der Waals surface area contributed by atoms with Crippen molar-refractivity contribution >= 4 is 5.82 Å². The van der Waals surface area contributed by atoms with E-state index in [9.17, 15) is 13.2 Å². The minimum atomic E-state index is -4.51. The average Bonchev–Trinajstić information content (AvgIpc) is 2.35. The van der Waals surface area contributed by atoms with E-state index >= 15 is 0 Å². The molecule has 0 spiro atoms. The van der Waals surface area contributed by atoms with Crippen molar-refractivity contribution < 1.29 is 13.2 Å². The lowest BCUT2D eigenvalue weighted by Crippen LogP contribution is -2.54. The van der Waals surface area contributed by atoms with E-state index in [0.717, 1.165) is 6.07 Å². The standard InChI is InChI=1S/C13H15F3N4/c1-8-6-20(7-9(2)18-8)12-10(5-17)3-4-11(19-12)13(14,15)16/h3-4,8-9,18H,6-7H2,1-2H3. The lowest BCUT2D eigenvalue weighted by Gasteiger charge is -2.37. The van der Waals surface area contributed by atoms with Gasteiger partial charge in [-0.15, -0.1) is 0 Å². The van der Waals surface area contributed by atoms with Crippen molar-refractivity contribution in [3.8, 4) is 6.07 Å². The zero-order valence-electron chi connectivity index (χ0n) is 11.2. The first kappa shape index (κ1) is 14.6. The Labute approximate surface area is 115 Å². The van der Waals surface area contributed by atoms with Gasteiger partial charge in [-0.1, -0.05) is 0 Å². The van der Waals surface area contributed by atoms with E-state index in [1.165, 1.54) is 6.07 Å². The number of aromatic nitrogens is 1. The van der Waals surface area contributed by atoms with Crippen LogP contribution in [0.25, 0.3) is 0 Å². The first-order chi connectivity index (χ1) is 9.31. The predicted molar refractivity (Wildman–Crippen MR) is 68.2 cm³/mol. The highest BCUT2D eigenvalue weighted by Crippen LogP contribution is 2.30. The van der Waals surface area contributed by atoms with Gasteiger partial charge in [0.05, 0.1) is 5.56 Å². The Morgan fingerprint density at radius 1 is 1.30 bits per heavy atom. The summed E-state index contributed by atoms with van der Waals surface area (Å²) in [6.07, 6.45) is -4.51. The fraction of sp³-hybridized carbons (Fsp3) is 0.538. The molecule has 0 radical (unpaired) electrons. The van der Waals surface area contributed by atoms with E-state index in [1.807, 2.05) is 19.9 Å². The van der Waals surface area contributed by atoms with Crippen LogP contribution in [0.3, 0.4) is 0 Å². The number of nitrogens with one attached hydrogen (secondary N) is 1. The van der Waals surface area contributed by atoms with Gasteiger partial charge in [-0.05, 0) is 26.0 Å². The van der Waals surface area contributed by atoms with Crippen LogP contribution in [0.5, 0.6) is 0 Å². The molecule has 2 unspecified atom stereocenters. The minimum Gasteiger partial charge on any atom is -0.352 e. The molecule has 2 heterocycles. The fourth-order valence-electron chi connectivity index (χ4n) is 2.43. The number of alkyl halides is 3. The second-order valence-corrected chi connectivity index (χ2v) is 5.05. The molecule has 1 saturated heterocycles. The molecule has 4 nitrogen and oxygen atoms in total. The van der Waals surface area contributed by atoms with Crippen LogP contribution < -0.4 is 10.2 Å². The highest BCUT2D eigenvalue weighted by atomic mass is 19.4. The Balaban J connectivity index is 2.41. The normalized spacial score (nSPS) is 23.5. The molecule has 0 saturated carbocycles. The molecule has 1 fully saturated rings. The first-order valence-electron chi connectivity index (χ1n) is 6.30. The predicted octanol–water partition coefficient (Wildman–Crippen LogP) is 2.16. The molecule has 0 amide bonds. The van der Waals surface area contributed by atoms with Crippen LogP contribution >= 0.6 is 0 Å². The van der Waals surface area contributed by atoms with Gasteiger partial charge in [0.2, 0.25) is 0 Å². The van der Waals surface area contributed by atoms with Gasteiger partial charge in [-0.2, -0.15) is 18.4 Å². The third-order valence-electron chi connectivity index (χ3n) is 3.14. The number of nitriles is 1. The molecule has 1 aromatic heterocycles. The smallest absolute Gasteiger partial charge is 0.352 e. The molecule has 20 heavy (non-hydrogen) atoms. The maximum absolute atomic E-state index is 12.7. The summed E-state index contributed by atoms with van der Waals surface area (Å²) in [7, 11) is 0. The van der Waals surface area contributed by atoms with Crippen molar-refractivity contribution in [2.75, 3.05) is 18.0 Å². The third-order valence-corrected chi connectivity index (χ3v) is 3.14. The van der Waals surface area contributed by atoms with Crippen LogP contribution in [0.1, 0.15) is 25.1 Å². The number of piperazine rings is 1. The minimum absolute atomic E-state index is 0.113. The van der Waals surface area contributed by atoms with Crippen LogP contribution in [0.4, 0.5) is 19.0 Å². The van der Waals surface area contributed by atoms with Crippen molar-refractivity contribution in [2.24, 2.45) is 0 Å². The molecule has 1 aliphatic heterocycles. The Hall–Kier alpha value is -1.81. The summed E-state index contributed by atoms with van der Waals surface area (Å²) >= 11 is 0. The highest BCUT2D eigenvalue weighted by Gasteiger charge is 2.34. The summed E-state index contributed by atoms with van der Waals surface area (Å²) in [5.41, 5.74) is -0.801. The molecule has 0 aromatic carbocycles. The maximum atomic E-state index is 12.7. The number of anilines is 1. The second-order valence-electron chi connectivity index (χ2n) is 5.05. The number of pyridine rings is 1. The van der Waals surface area contributed by atoms with Crippen LogP contribution in [0, 0.1) is 11.3 Å². The molecule has 2 atom stereocenters. The maximum Gasteiger partial charge on any atom is 0.433 e. The van der Waals surface area contributed by atoms with Crippen molar-refractivity contribution in [3.63, 3.8) is 0 Å².